The maximum absolute atomic E-state index is 6.17. The van der Waals surface area contributed by atoms with Crippen LogP contribution in [0.1, 0.15) is 90.9 Å². The number of hydrogen-bond acceptors (Lipinski definition) is 4. The van der Waals surface area contributed by atoms with Crippen molar-refractivity contribution in [2.45, 2.75) is 96.6 Å². The average Bonchev–Trinajstić information content (AvgIpc) is 2.56. The van der Waals surface area contributed by atoms with Crippen molar-refractivity contribution >= 4 is 0 Å². The maximum atomic E-state index is 6.17. The number of nitrogens with two attached hydrogens (primary N) is 2. The van der Waals surface area contributed by atoms with Crippen molar-refractivity contribution in [1.29, 1.82) is 0 Å². The van der Waals surface area contributed by atoms with Crippen LogP contribution in [0, 0.1) is 11.8 Å². The highest BCUT2D eigenvalue weighted by molar-refractivity contribution is 4.88. The number of rotatable bonds is 17. The summed E-state index contributed by atoms with van der Waals surface area (Å²) in [4.78, 5) is 0. The van der Waals surface area contributed by atoms with Gasteiger partial charge in [0, 0.05) is 25.6 Å². The van der Waals surface area contributed by atoms with Gasteiger partial charge in [-0.1, -0.05) is 65.2 Å². The first-order valence-electron chi connectivity index (χ1n) is 10.8. The van der Waals surface area contributed by atoms with Gasteiger partial charge in [0.1, 0.15) is 5.72 Å². The second kappa shape index (κ2) is 14.0. The minimum Gasteiger partial charge on any atom is -0.381 e. The molecule has 4 heteroatoms. The smallest absolute Gasteiger partial charge is 0.123 e. The zero-order valence-corrected chi connectivity index (χ0v) is 16.9. The summed E-state index contributed by atoms with van der Waals surface area (Å²) in [5, 5.41) is 0. The van der Waals surface area contributed by atoms with Crippen LogP contribution in [0.5, 0.6) is 0 Å². The molecular weight excluding hydrogens is 312 g/mol. The fourth-order valence-electron chi connectivity index (χ4n) is 3.57. The molecule has 4 N–H and O–H groups in total. The minimum atomic E-state index is -0.455. The van der Waals surface area contributed by atoms with Gasteiger partial charge < -0.3 is 20.9 Å². The zero-order chi connectivity index (χ0) is 18.4. The van der Waals surface area contributed by atoms with Crippen molar-refractivity contribution in [1.82, 2.24) is 0 Å². The van der Waals surface area contributed by atoms with Crippen LogP contribution in [0.4, 0.5) is 0 Å². The molecular formula is C21H44N2O2. The van der Waals surface area contributed by atoms with Gasteiger partial charge in [-0.3, -0.25) is 0 Å². The SMILES string of the molecule is CC(C)CCCCCCCCCCOCCCC(CN)C1(N)CCO1. The Morgan fingerprint density at radius 1 is 0.880 bits per heavy atom. The molecule has 1 aliphatic heterocycles. The van der Waals surface area contributed by atoms with Crippen molar-refractivity contribution in [2.75, 3.05) is 26.4 Å². The third-order valence-electron chi connectivity index (χ3n) is 5.50. The summed E-state index contributed by atoms with van der Waals surface area (Å²) in [6.45, 7) is 7.73. The van der Waals surface area contributed by atoms with Gasteiger partial charge in [-0.05, 0) is 31.7 Å². The minimum absolute atomic E-state index is 0.269. The van der Waals surface area contributed by atoms with Crippen LogP contribution in [0.25, 0.3) is 0 Å². The van der Waals surface area contributed by atoms with E-state index >= 15 is 0 Å². The second-order valence-electron chi connectivity index (χ2n) is 8.25. The third kappa shape index (κ3) is 10.5. The van der Waals surface area contributed by atoms with E-state index in [1.165, 1.54) is 57.8 Å². The monoisotopic (exact) mass is 356 g/mol. The summed E-state index contributed by atoms with van der Waals surface area (Å²) in [7, 11) is 0. The van der Waals surface area contributed by atoms with E-state index in [2.05, 4.69) is 13.8 Å². The van der Waals surface area contributed by atoms with Gasteiger partial charge in [0.05, 0.1) is 6.61 Å². The standard InChI is InChI=1S/C21H44N2O2/c1-19(2)12-9-7-5-3-4-6-8-10-15-24-16-11-13-20(18-22)21(23)14-17-25-21/h19-20H,3-18,22-23H2,1-2H3. The van der Waals surface area contributed by atoms with Gasteiger partial charge in [0.25, 0.3) is 0 Å². The van der Waals surface area contributed by atoms with Crippen LogP contribution >= 0.6 is 0 Å². The first kappa shape index (κ1) is 22.9. The molecule has 0 saturated carbocycles. The summed E-state index contributed by atoms with van der Waals surface area (Å²) < 4.78 is 11.3. The molecule has 0 aromatic heterocycles. The highest BCUT2D eigenvalue weighted by atomic mass is 16.5. The average molecular weight is 357 g/mol. The summed E-state index contributed by atoms with van der Waals surface area (Å²) in [5.74, 6) is 1.13. The van der Waals surface area contributed by atoms with Crippen LogP contribution in [0.2, 0.25) is 0 Å². The van der Waals surface area contributed by atoms with Crippen LogP contribution < -0.4 is 11.5 Å². The molecule has 4 nitrogen and oxygen atoms in total. The third-order valence-corrected chi connectivity index (χ3v) is 5.50. The van der Waals surface area contributed by atoms with Gasteiger partial charge >= 0.3 is 0 Å². The van der Waals surface area contributed by atoms with Gasteiger partial charge in [0.15, 0.2) is 0 Å². The topological polar surface area (TPSA) is 70.5 Å². The number of ether oxygens (including phenoxy) is 2. The predicted molar refractivity (Wildman–Crippen MR) is 106 cm³/mol. The van der Waals surface area contributed by atoms with E-state index in [4.69, 9.17) is 20.9 Å². The summed E-state index contributed by atoms with van der Waals surface area (Å²) in [5.41, 5.74) is 11.5. The van der Waals surface area contributed by atoms with E-state index in [0.29, 0.717) is 6.54 Å². The molecule has 2 unspecified atom stereocenters. The molecule has 0 aromatic rings. The van der Waals surface area contributed by atoms with Crippen LogP contribution in [0.3, 0.4) is 0 Å². The highest BCUT2D eigenvalue weighted by Gasteiger charge is 2.40. The van der Waals surface area contributed by atoms with Gasteiger partial charge in [0.2, 0.25) is 0 Å². The summed E-state index contributed by atoms with van der Waals surface area (Å²) in [6, 6.07) is 0. The summed E-state index contributed by atoms with van der Waals surface area (Å²) >= 11 is 0. The molecule has 0 amide bonds. The Morgan fingerprint density at radius 3 is 1.96 bits per heavy atom. The van der Waals surface area contributed by atoms with E-state index in [1.54, 1.807) is 0 Å². The molecule has 150 valence electrons. The Balaban J connectivity index is 1.78. The number of unbranched alkanes of at least 4 members (excludes halogenated alkanes) is 7. The van der Waals surface area contributed by atoms with Crippen molar-refractivity contribution in [3.8, 4) is 0 Å². The normalized spacial score (nSPS) is 21.5. The molecule has 1 saturated heterocycles. The molecule has 1 rings (SSSR count). The fourth-order valence-corrected chi connectivity index (χ4v) is 3.57. The molecule has 2 atom stereocenters. The van der Waals surface area contributed by atoms with Crippen molar-refractivity contribution in [2.24, 2.45) is 23.3 Å². The van der Waals surface area contributed by atoms with Gasteiger partial charge in [-0.25, -0.2) is 0 Å². The van der Waals surface area contributed by atoms with Crippen LogP contribution in [0.15, 0.2) is 0 Å². The van der Waals surface area contributed by atoms with E-state index in [0.717, 1.165) is 45.0 Å². The lowest BCUT2D eigenvalue weighted by Crippen LogP contribution is -2.59. The van der Waals surface area contributed by atoms with E-state index in [-0.39, 0.29) is 5.92 Å². The van der Waals surface area contributed by atoms with E-state index in [1.807, 2.05) is 0 Å². The lowest BCUT2D eigenvalue weighted by atomic mass is 9.86. The van der Waals surface area contributed by atoms with Crippen LogP contribution in [-0.4, -0.2) is 32.1 Å². The molecule has 0 bridgehead atoms. The quantitative estimate of drug-likeness (QED) is 0.374. The Labute approximate surface area is 156 Å². The highest BCUT2D eigenvalue weighted by Crippen LogP contribution is 2.31. The fraction of sp³-hybridized carbons (Fsp3) is 1.00. The Kier molecular flexibility index (Phi) is 12.8. The molecule has 25 heavy (non-hydrogen) atoms. The Hall–Kier alpha value is -0.160. The second-order valence-corrected chi connectivity index (χ2v) is 8.25. The van der Waals surface area contributed by atoms with Crippen molar-refractivity contribution in [3.05, 3.63) is 0 Å². The molecule has 1 aliphatic rings. The van der Waals surface area contributed by atoms with Gasteiger partial charge in [-0.15, -0.1) is 0 Å². The predicted octanol–water partition coefficient (Wildman–Crippen LogP) is 4.60. The molecule has 1 fully saturated rings. The van der Waals surface area contributed by atoms with Gasteiger partial charge in [-0.2, -0.15) is 0 Å². The van der Waals surface area contributed by atoms with E-state index in [9.17, 15) is 0 Å². The molecule has 0 aromatic carbocycles. The largest absolute Gasteiger partial charge is 0.381 e. The first-order valence-corrected chi connectivity index (χ1v) is 10.8. The molecule has 1 heterocycles. The van der Waals surface area contributed by atoms with Crippen molar-refractivity contribution in [3.63, 3.8) is 0 Å². The van der Waals surface area contributed by atoms with Crippen LogP contribution in [-0.2, 0) is 9.47 Å². The Bertz CT molecular complexity index is 306. The van der Waals surface area contributed by atoms with Crippen molar-refractivity contribution < 1.29 is 9.47 Å². The molecule has 0 aliphatic carbocycles. The lowest BCUT2D eigenvalue weighted by molar-refractivity contribution is -0.177. The summed E-state index contributed by atoms with van der Waals surface area (Å²) in [6.07, 6.45) is 15.2. The number of hydrogen-bond donors (Lipinski definition) is 2. The molecule has 0 radical (unpaired) electrons. The Morgan fingerprint density at radius 2 is 1.44 bits per heavy atom. The lowest BCUT2D eigenvalue weighted by Gasteiger charge is -2.44. The zero-order valence-electron chi connectivity index (χ0n) is 16.9. The maximum Gasteiger partial charge on any atom is 0.123 e. The molecule has 0 spiro atoms. The first-order chi connectivity index (χ1) is 12.1. The van der Waals surface area contributed by atoms with E-state index < -0.39 is 5.72 Å².